The van der Waals surface area contributed by atoms with Gasteiger partial charge in [-0.15, -0.1) is 0 Å². The van der Waals surface area contributed by atoms with E-state index in [0.717, 1.165) is 0 Å². The van der Waals surface area contributed by atoms with Gasteiger partial charge in [-0.25, -0.2) is 13.1 Å². The summed E-state index contributed by atoms with van der Waals surface area (Å²) in [6.07, 6.45) is 0. The molecule has 0 amide bonds. The normalized spacial score (nSPS) is 11.6. The van der Waals surface area contributed by atoms with Gasteiger partial charge in [0.2, 0.25) is 10.0 Å². The lowest BCUT2D eigenvalue weighted by Crippen LogP contribution is -2.20. The fourth-order valence-electron chi connectivity index (χ4n) is 1.10. The van der Waals surface area contributed by atoms with E-state index >= 15 is 0 Å². The zero-order chi connectivity index (χ0) is 10.8. The van der Waals surface area contributed by atoms with Crippen molar-refractivity contribution in [2.24, 2.45) is 0 Å². The van der Waals surface area contributed by atoms with Crippen LogP contribution in [0.4, 0.5) is 0 Å². The van der Waals surface area contributed by atoms with Crippen molar-refractivity contribution < 1.29 is 13.5 Å². The van der Waals surface area contributed by atoms with Gasteiger partial charge in [0, 0.05) is 0 Å². The molecule has 14 heavy (non-hydrogen) atoms. The first kappa shape index (κ1) is 11.0. The molecule has 1 rings (SSSR count). The maximum absolute atomic E-state index is 11.2. The highest BCUT2D eigenvalue weighted by Gasteiger charge is 2.11. The van der Waals surface area contributed by atoms with Crippen molar-refractivity contribution in [1.29, 1.82) is 0 Å². The van der Waals surface area contributed by atoms with Gasteiger partial charge >= 0.3 is 0 Å². The maximum atomic E-state index is 11.2. The van der Waals surface area contributed by atoms with Crippen LogP contribution < -0.4 is 4.72 Å². The molecule has 0 saturated heterocycles. The van der Waals surface area contributed by atoms with Gasteiger partial charge in [-0.3, -0.25) is 0 Å². The molecular weight excluding hydrogens is 202 g/mol. The molecule has 0 heterocycles. The van der Waals surface area contributed by atoms with E-state index in [0.29, 0.717) is 11.1 Å². The fraction of sp³-hybridized carbons (Fsp3) is 0.333. The van der Waals surface area contributed by atoms with Crippen LogP contribution in [0.15, 0.2) is 18.2 Å². The molecule has 78 valence electrons. The van der Waals surface area contributed by atoms with E-state index in [1.807, 2.05) is 0 Å². The summed E-state index contributed by atoms with van der Waals surface area (Å²) in [5.74, 6) is 0.0119. The predicted molar refractivity (Wildman–Crippen MR) is 54.5 cm³/mol. The summed E-state index contributed by atoms with van der Waals surface area (Å²) in [7, 11) is -1.90. The second kappa shape index (κ2) is 3.98. The van der Waals surface area contributed by atoms with Crippen LogP contribution in [-0.4, -0.2) is 20.6 Å². The van der Waals surface area contributed by atoms with Crippen molar-refractivity contribution in [3.05, 3.63) is 29.3 Å². The van der Waals surface area contributed by atoms with Crippen LogP contribution in [0.1, 0.15) is 11.1 Å². The van der Waals surface area contributed by atoms with Gasteiger partial charge in [-0.1, -0.05) is 12.1 Å². The Hall–Kier alpha value is -1.07. The number of sulfonamides is 1. The highest BCUT2D eigenvalue weighted by molar-refractivity contribution is 7.88. The second-order valence-corrected chi connectivity index (χ2v) is 4.95. The Morgan fingerprint density at radius 1 is 1.43 bits per heavy atom. The molecule has 5 heteroatoms. The molecule has 0 saturated carbocycles. The van der Waals surface area contributed by atoms with E-state index in [1.54, 1.807) is 19.1 Å². The Balaban J connectivity index is 3.05. The fourth-order valence-corrected chi connectivity index (χ4v) is 1.97. The average molecular weight is 215 g/mol. The van der Waals surface area contributed by atoms with Gasteiger partial charge in [0.1, 0.15) is 5.75 Å². The Morgan fingerprint density at radius 2 is 2.07 bits per heavy atom. The standard InChI is InChI=1S/C9H13NO3S/c1-7-8(4-3-5-9(7)11)6-14(12,13)10-2/h3-5,10-11H,6H2,1-2H3. The van der Waals surface area contributed by atoms with Gasteiger partial charge in [0.25, 0.3) is 0 Å². The highest BCUT2D eigenvalue weighted by atomic mass is 32.2. The van der Waals surface area contributed by atoms with Crippen molar-refractivity contribution in [3.8, 4) is 5.75 Å². The third-order valence-corrected chi connectivity index (χ3v) is 3.39. The molecule has 0 unspecified atom stereocenters. The molecule has 2 N–H and O–H groups in total. The van der Waals surface area contributed by atoms with Crippen LogP contribution in [0.5, 0.6) is 5.75 Å². The summed E-state index contributed by atoms with van der Waals surface area (Å²) in [5.41, 5.74) is 1.21. The third-order valence-electron chi connectivity index (χ3n) is 2.07. The number of phenolic OH excluding ortho intramolecular Hbond substituents is 1. The van der Waals surface area contributed by atoms with Crippen LogP contribution in [-0.2, 0) is 15.8 Å². The summed E-state index contributed by atoms with van der Waals surface area (Å²) in [4.78, 5) is 0. The first-order chi connectivity index (χ1) is 6.46. The number of nitrogens with one attached hydrogen (secondary N) is 1. The lowest BCUT2D eigenvalue weighted by Gasteiger charge is -2.07. The number of hydrogen-bond donors (Lipinski definition) is 2. The van der Waals surface area contributed by atoms with E-state index in [2.05, 4.69) is 4.72 Å². The summed E-state index contributed by atoms with van der Waals surface area (Å²) >= 11 is 0. The first-order valence-electron chi connectivity index (χ1n) is 4.15. The summed E-state index contributed by atoms with van der Waals surface area (Å²) in [5, 5.41) is 9.35. The number of benzene rings is 1. The molecule has 0 aliphatic heterocycles. The van der Waals surface area contributed by atoms with Gasteiger partial charge in [-0.2, -0.15) is 0 Å². The van der Waals surface area contributed by atoms with Gasteiger partial charge in [-0.05, 0) is 31.2 Å². The summed E-state index contributed by atoms with van der Waals surface area (Å²) < 4.78 is 24.7. The number of phenols is 1. The Kier molecular flexibility index (Phi) is 3.13. The smallest absolute Gasteiger partial charge is 0.215 e. The van der Waals surface area contributed by atoms with E-state index in [9.17, 15) is 13.5 Å². The molecule has 0 bridgehead atoms. The van der Waals surface area contributed by atoms with E-state index in [-0.39, 0.29) is 11.5 Å². The van der Waals surface area contributed by atoms with Crippen molar-refractivity contribution in [1.82, 2.24) is 4.72 Å². The van der Waals surface area contributed by atoms with Crippen molar-refractivity contribution in [2.75, 3.05) is 7.05 Å². The Labute approximate surface area is 83.6 Å². The van der Waals surface area contributed by atoms with E-state index < -0.39 is 10.0 Å². The molecule has 1 aromatic rings. The monoisotopic (exact) mass is 215 g/mol. The van der Waals surface area contributed by atoms with Crippen LogP contribution in [0.2, 0.25) is 0 Å². The predicted octanol–water partition coefficient (Wildman–Crippen LogP) is 0.750. The molecule has 0 aliphatic rings. The molecule has 4 nitrogen and oxygen atoms in total. The quantitative estimate of drug-likeness (QED) is 0.782. The lowest BCUT2D eigenvalue weighted by molar-refractivity contribution is 0.470. The van der Waals surface area contributed by atoms with E-state index in [4.69, 9.17) is 0 Å². The average Bonchev–Trinajstić information content (AvgIpc) is 2.13. The molecule has 1 aromatic carbocycles. The number of aromatic hydroxyl groups is 1. The Morgan fingerprint density at radius 3 is 2.64 bits per heavy atom. The Bertz CT molecular complexity index is 426. The minimum absolute atomic E-state index is 0.107. The zero-order valence-corrected chi connectivity index (χ0v) is 8.93. The molecular formula is C9H13NO3S. The van der Waals surface area contributed by atoms with Gasteiger partial charge in [0.05, 0.1) is 5.75 Å². The van der Waals surface area contributed by atoms with Crippen molar-refractivity contribution in [3.63, 3.8) is 0 Å². The largest absolute Gasteiger partial charge is 0.508 e. The maximum Gasteiger partial charge on any atom is 0.215 e. The van der Waals surface area contributed by atoms with E-state index in [1.165, 1.54) is 13.1 Å². The minimum atomic E-state index is -3.27. The lowest BCUT2D eigenvalue weighted by atomic mass is 10.1. The second-order valence-electron chi connectivity index (χ2n) is 3.02. The van der Waals surface area contributed by atoms with Gasteiger partial charge < -0.3 is 5.11 Å². The molecule has 0 atom stereocenters. The minimum Gasteiger partial charge on any atom is -0.508 e. The summed E-state index contributed by atoms with van der Waals surface area (Å²) in [6, 6.07) is 4.84. The number of hydrogen-bond acceptors (Lipinski definition) is 3. The first-order valence-corrected chi connectivity index (χ1v) is 5.80. The zero-order valence-electron chi connectivity index (χ0n) is 8.11. The van der Waals surface area contributed by atoms with Gasteiger partial charge in [0.15, 0.2) is 0 Å². The topological polar surface area (TPSA) is 66.4 Å². The third kappa shape index (κ3) is 2.46. The van der Waals surface area contributed by atoms with Crippen LogP contribution >= 0.6 is 0 Å². The molecule has 0 aliphatic carbocycles. The highest BCUT2D eigenvalue weighted by Crippen LogP contribution is 2.20. The molecule has 0 spiro atoms. The molecule has 0 aromatic heterocycles. The number of rotatable bonds is 3. The molecule has 0 radical (unpaired) electrons. The summed E-state index contributed by atoms with van der Waals surface area (Å²) in [6.45, 7) is 1.69. The molecule has 0 fully saturated rings. The SMILES string of the molecule is CNS(=O)(=O)Cc1cccc(O)c1C. The van der Waals surface area contributed by atoms with Crippen LogP contribution in [0.25, 0.3) is 0 Å². The van der Waals surface area contributed by atoms with Crippen molar-refractivity contribution in [2.45, 2.75) is 12.7 Å². The van der Waals surface area contributed by atoms with Crippen molar-refractivity contribution >= 4 is 10.0 Å². The van der Waals surface area contributed by atoms with Crippen LogP contribution in [0.3, 0.4) is 0 Å². The van der Waals surface area contributed by atoms with Crippen LogP contribution in [0, 0.1) is 6.92 Å².